The van der Waals surface area contributed by atoms with E-state index in [-0.39, 0.29) is 0 Å². The summed E-state index contributed by atoms with van der Waals surface area (Å²) in [6.45, 7) is 1.06. The highest BCUT2D eigenvalue weighted by Gasteiger charge is 2.08. The van der Waals surface area contributed by atoms with Crippen LogP contribution in [0.5, 0.6) is 0 Å². The predicted octanol–water partition coefficient (Wildman–Crippen LogP) is -0.688. The molecule has 1 heterocycles. The molecule has 1 aliphatic heterocycles. The Morgan fingerprint density at radius 1 is 1.64 bits per heavy atom. The maximum atomic E-state index is 10.5. The lowest BCUT2D eigenvalue weighted by Gasteiger charge is -1.95. The third-order valence-corrected chi connectivity index (χ3v) is 1.60. The highest BCUT2D eigenvalue weighted by molar-refractivity contribution is 7.88. The average Bonchev–Trinajstić information content (AvgIpc) is 2.32. The van der Waals surface area contributed by atoms with E-state index in [2.05, 4.69) is 5.10 Å². The van der Waals surface area contributed by atoms with Crippen LogP contribution in [0.25, 0.3) is 0 Å². The molecule has 0 saturated carbocycles. The van der Waals surface area contributed by atoms with Gasteiger partial charge in [0.2, 0.25) is 10.0 Å². The molecular formula is C5H10N2O3S. The molecule has 6 heteroatoms. The van der Waals surface area contributed by atoms with Crippen LogP contribution < -0.4 is 4.83 Å². The van der Waals surface area contributed by atoms with Gasteiger partial charge in [0.15, 0.2) is 0 Å². The Morgan fingerprint density at radius 3 is 2.82 bits per heavy atom. The van der Waals surface area contributed by atoms with Crippen molar-refractivity contribution in [2.75, 3.05) is 19.5 Å². The third-order valence-electron chi connectivity index (χ3n) is 1.17. The second-order valence-corrected chi connectivity index (χ2v) is 4.07. The molecule has 0 radical (unpaired) electrons. The lowest BCUT2D eigenvalue weighted by molar-refractivity contribution is 0.209. The van der Waals surface area contributed by atoms with E-state index in [9.17, 15) is 8.42 Å². The molecule has 64 valence electrons. The van der Waals surface area contributed by atoms with Crippen LogP contribution in [0.3, 0.4) is 0 Å². The van der Waals surface area contributed by atoms with Gasteiger partial charge in [0.05, 0.1) is 25.2 Å². The van der Waals surface area contributed by atoms with E-state index in [0.29, 0.717) is 19.6 Å². The lowest BCUT2D eigenvalue weighted by atomic mass is 10.3. The van der Waals surface area contributed by atoms with Gasteiger partial charge in [-0.15, -0.1) is 0 Å². The van der Waals surface area contributed by atoms with Crippen molar-refractivity contribution in [3.8, 4) is 0 Å². The zero-order valence-electron chi connectivity index (χ0n) is 6.20. The van der Waals surface area contributed by atoms with Crippen LogP contribution in [0.15, 0.2) is 5.10 Å². The molecule has 0 aliphatic carbocycles. The molecule has 0 aromatic rings. The molecule has 5 nitrogen and oxygen atoms in total. The van der Waals surface area contributed by atoms with Gasteiger partial charge in [-0.3, -0.25) is 0 Å². The molecule has 11 heavy (non-hydrogen) atoms. The van der Waals surface area contributed by atoms with E-state index in [0.717, 1.165) is 12.0 Å². The van der Waals surface area contributed by atoms with Crippen molar-refractivity contribution in [1.82, 2.24) is 4.83 Å². The average molecular weight is 178 g/mol. The third kappa shape index (κ3) is 3.33. The summed E-state index contributed by atoms with van der Waals surface area (Å²) in [5.74, 6) is 0. The number of nitrogens with zero attached hydrogens (tertiary/aromatic N) is 1. The fourth-order valence-corrected chi connectivity index (χ4v) is 0.983. The number of nitrogens with one attached hydrogen (secondary N) is 1. The highest BCUT2D eigenvalue weighted by atomic mass is 32.2. The van der Waals surface area contributed by atoms with Crippen molar-refractivity contribution in [1.29, 1.82) is 0 Å². The maximum Gasteiger partial charge on any atom is 0.244 e. The van der Waals surface area contributed by atoms with Crippen LogP contribution in [-0.4, -0.2) is 33.6 Å². The van der Waals surface area contributed by atoms with Gasteiger partial charge in [-0.2, -0.15) is 5.10 Å². The number of hydrogen-bond donors (Lipinski definition) is 1. The zero-order chi connectivity index (χ0) is 8.32. The first-order valence-corrected chi connectivity index (χ1v) is 5.07. The van der Waals surface area contributed by atoms with Crippen molar-refractivity contribution >= 4 is 15.7 Å². The van der Waals surface area contributed by atoms with Gasteiger partial charge in [0.25, 0.3) is 0 Å². The quantitative estimate of drug-likeness (QED) is 0.569. The molecule has 0 spiro atoms. The number of ether oxygens (including phenoxy) is 1. The van der Waals surface area contributed by atoms with Crippen molar-refractivity contribution in [3.05, 3.63) is 0 Å². The fraction of sp³-hybridized carbons (Fsp3) is 0.800. The molecule has 1 N–H and O–H groups in total. The van der Waals surface area contributed by atoms with E-state index in [1.807, 2.05) is 4.83 Å². The summed E-state index contributed by atoms with van der Waals surface area (Å²) in [5, 5.41) is 3.65. The Bertz CT molecular complexity index is 249. The van der Waals surface area contributed by atoms with E-state index in [4.69, 9.17) is 4.74 Å². The van der Waals surface area contributed by atoms with Gasteiger partial charge >= 0.3 is 0 Å². The highest BCUT2D eigenvalue weighted by Crippen LogP contribution is 1.98. The van der Waals surface area contributed by atoms with E-state index in [1.54, 1.807) is 0 Å². The Kier molecular flexibility index (Phi) is 2.45. The van der Waals surface area contributed by atoms with Gasteiger partial charge in [0.1, 0.15) is 0 Å². The van der Waals surface area contributed by atoms with Crippen LogP contribution in [0.1, 0.15) is 6.42 Å². The number of hydrazone groups is 1. The van der Waals surface area contributed by atoms with Gasteiger partial charge in [0, 0.05) is 6.42 Å². The molecule has 1 aliphatic rings. The Labute approximate surface area is 65.5 Å². The summed E-state index contributed by atoms with van der Waals surface area (Å²) in [6.07, 6.45) is 1.77. The summed E-state index contributed by atoms with van der Waals surface area (Å²) >= 11 is 0. The smallest absolute Gasteiger partial charge is 0.244 e. The molecule has 0 atom stereocenters. The van der Waals surface area contributed by atoms with E-state index in [1.165, 1.54) is 0 Å². The van der Waals surface area contributed by atoms with Crippen LogP contribution >= 0.6 is 0 Å². The maximum absolute atomic E-state index is 10.5. The van der Waals surface area contributed by atoms with Crippen molar-refractivity contribution in [3.63, 3.8) is 0 Å². The Balaban J connectivity index is 2.47. The predicted molar refractivity (Wildman–Crippen MR) is 40.9 cm³/mol. The number of sulfonamides is 1. The van der Waals surface area contributed by atoms with Gasteiger partial charge in [-0.05, 0) is 0 Å². The molecule has 0 bridgehead atoms. The van der Waals surface area contributed by atoms with Crippen LogP contribution in [-0.2, 0) is 14.8 Å². The minimum atomic E-state index is -3.20. The minimum Gasteiger partial charge on any atom is -0.375 e. The molecule has 0 unspecified atom stereocenters. The zero-order valence-corrected chi connectivity index (χ0v) is 7.02. The van der Waals surface area contributed by atoms with Crippen molar-refractivity contribution < 1.29 is 13.2 Å². The van der Waals surface area contributed by atoms with Gasteiger partial charge < -0.3 is 4.74 Å². The lowest BCUT2D eigenvalue weighted by Crippen LogP contribution is -2.18. The van der Waals surface area contributed by atoms with Crippen molar-refractivity contribution in [2.45, 2.75) is 6.42 Å². The minimum absolute atomic E-state index is 0.433. The van der Waals surface area contributed by atoms with Crippen LogP contribution in [0, 0.1) is 0 Å². The Morgan fingerprint density at radius 2 is 2.36 bits per heavy atom. The normalized spacial score (nSPS) is 22.5. The van der Waals surface area contributed by atoms with Crippen molar-refractivity contribution in [2.24, 2.45) is 5.10 Å². The molecule has 0 aromatic heterocycles. The monoisotopic (exact) mass is 178 g/mol. The van der Waals surface area contributed by atoms with Crippen LogP contribution in [0.2, 0.25) is 0 Å². The molecule has 1 fully saturated rings. The molecule has 0 aromatic carbocycles. The Hall–Kier alpha value is -0.620. The molecule has 0 amide bonds. The second kappa shape index (κ2) is 3.19. The molecule has 1 saturated heterocycles. The van der Waals surface area contributed by atoms with E-state index >= 15 is 0 Å². The first-order chi connectivity index (χ1) is 5.08. The summed E-state index contributed by atoms with van der Waals surface area (Å²) in [5.41, 5.74) is 0.746. The number of hydrogen-bond acceptors (Lipinski definition) is 4. The second-order valence-electron chi connectivity index (χ2n) is 2.34. The first kappa shape index (κ1) is 8.48. The first-order valence-electron chi connectivity index (χ1n) is 3.18. The SMILES string of the molecule is CS(=O)(=O)N/N=C1\CCOC1. The summed E-state index contributed by atoms with van der Waals surface area (Å²) in [7, 11) is -3.20. The number of rotatable bonds is 2. The molecule has 1 rings (SSSR count). The summed E-state index contributed by atoms with van der Waals surface area (Å²) in [4.78, 5) is 2.04. The standard InChI is InChI=1S/C5H10N2O3S/c1-11(8,9)7-6-5-2-3-10-4-5/h7H,2-4H2,1H3/b6-5+. The molecular weight excluding hydrogens is 168 g/mol. The van der Waals surface area contributed by atoms with Gasteiger partial charge in [-0.1, -0.05) is 0 Å². The topological polar surface area (TPSA) is 67.8 Å². The van der Waals surface area contributed by atoms with Gasteiger partial charge in [-0.25, -0.2) is 13.2 Å². The summed E-state index contributed by atoms with van der Waals surface area (Å²) < 4.78 is 26.0. The fourth-order valence-electron chi connectivity index (χ4n) is 0.688. The van der Waals surface area contributed by atoms with E-state index < -0.39 is 10.0 Å². The van der Waals surface area contributed by atoms with Crippen LogP contribution in [0.4, 0.5) is 0 Å². The summed E-state index contributed by atoms with van der Waals surface area (Å²) in [6, 6.07) is 0. The largest absolute Gasteiger partial charge is 0.375 e.